The molecule has 0 bridgehead atoms. The number of nitrogens with zero attached hydrogens (tertiary/aromatic N) is 2. The van der Waals surface area contributed by atoms with Crippen LogP contribution in [0.1, 0.15) is 21.5 Å². The molecule has 31 heavy (non-hydrogen) atoms. The van der Waals surface area contributed by atoms with Gasteiger partial charge in [-0.15, -0.1) is 0 Å². The van der Waals surface area contributed by atoms with Gasteiger partial charge in [-0.05, 0) is 41.8 Å². The summed E-state index contributed by atoms with van der Waals surface area (Å²) in [5.41, 5.74) is 2.89. The predicted octanol–water partition coefficient (Wildman–Crippen LogP) is 3.47. The number of carbonyl (C=O) groups excluding carboxylic acids is 1. The fourth-order valence-corrected chi connectivity index (χ4v) is 3.51. The van der Waals surface area contributed by atoms with Crippen LogP contribution in [0.2, 0.25) is 0 Å². The Kier molecular flexibility index (Phi) is 7.13. The Morgan fingerprint density at radius 2 is 1.74 bits per heavy atom. The molecule has 1 saturated heterocycles. The largest absolute Gasteiger partial charge is 0.489 e. The summed E-state index contributed by atoms with van der Waals surface area (Å²) < 4.78 is 11.2. The van der Waals surface area contributed by atoms with Gasteiger partial charge in [-0.2, -0.15) is 0 Å². The zero-order valence-electron chi connectivity index (χ0n) is 17.5. The van der Waals surface area contributed by atoms with Crippen molar-refractivity contribution in [3.8, 4) is 5.75 Å². The maximum absolute atomic E-state index is 12.7. The number of carbonyl (C=O) groups is 1. The first-order chi connectivity index (χ1) is 15.3. The van der Waals surface area contributed by atoms with Crippen molar-refractivity contribution in [3.63, 3.8) is 0 Å². The van der Waals surface area contributed by atoms with E-state index in [4.69, 9.17) is 9.47 Å². The summed E-state index contributed by atoms with van der Waals surface area (Å²) in [5, 5.41) is 3.02. The molecule has 0 saturated carbocycles. The minimum atomic E-state index is -0.0996. The highest BCUT2D eigenvalue weighted by Crippen LogP contribution is 2.18. The lowest BCUT2D eigenvalue weighted by atomic mass is 10.1. The molecule has 0 radical (unpaired) electrons. The Morgan fingerprint density at radius 3 is 2.52 bits per heavy atom. The number of nitrogens with one attached hydrogen (secondary N) is 1. The van der Waals surface area contributed by atoms with E-state index >= 15 is 0 Å². The Bertz CT molecular complexity index is 971. The van der Waals surface area contributed by atoms with Crippen LogP contribution in [0, 0.1) is 0 Å². The van der Waals surface area contributed by atoms with Crippen LogP contribution >= 0.6 is 0 Å². The van der Waals surface area contributed by atoms with Crippen LogP contribution in [0.4, 0.5) is 5.82 Å². The van der Waals surface area contributed by atoms with Gasteiger partial charge in [-0.25, -0.2) is 4.98 Å². The van der Waals surface area contributed by atoms with Crippen LogP contribution in [0.25, 0.3) is 0 Å². The highest BCUT2D eigenvalue weighted by Gasteiger charge is 2.19. The van der Waals surface area contributed by atoms with Crippen molar-refractivity contribution in [2.45, 2.75) is 13.0 Å². The van der Waals surface area contributed by atoms with E-state index in [0.29, 0.717) is 31.9 Å². The first-order valence-corrected chi connectivity index (χ1v) is 10.6. The molecule has 0 aliphatic carbocycles. The molecular weight excluding hydrogens is 390 g/mol. The number of aromatic nitrogens is 1. The first kappa shape index (κ1) is 20.9. The SMILES string of the molecule is O=C(NCCc1ccc(OCc2ccccc2)cc1)c1cccnc1N1CCOCC1. The van der Waals surface area contributed by atoms with E-state index in [-0.39, 0.29) is 5.91 Å². The summed E-state index contributed by atoms with van der Waals surface area (Å²) >= 11 is 0. The smallest absolute Gasteiger partial charge is 0.255 e. The number of pyridine rings is 1. The van der Waals surface area contributed by atoms with Crippen LogP contribution in [0.3, 0.4) is 0 Å². The van der Waals surface area contributed by atoms with Crippen molar-refractivity contribution >= 4 is 11.7 Å². The van der Waals surface area contributed by atoms with Crippen LogP contribution < -0.4 is 15.0 Å². The monoisotopic (exact) mass is 417 g/mol. The molecule has 0 unspecified atom stereocenters. The molecule has 6 heteroatoms. The van der Waals surface area contributed by atoms with Crippen molar-refractivity contribution in [2.24, 2.45) is 0 Å². The number of hydrogen-bond acceptors (Lipinski definition) is 5. The summed E-state index contributed by atoms with van der Waals surface area (Å²) in [6.07, 6.45) is 2.47. The van der Waals surface area contributed by atoms with Crippen LogP contribution in [0.15, 0.2) is 72.9 Å². The third-order valence-electron chi connectivity index (χ3n) is 5.21. The zero-order chi connectivity index (χ0) is 21.3. The molecular formula is C25H27N3O3. The standard InChI is InChI=1S/C25H27N3O3/c29-25(23-7-4-13-26-24(23)28-15-17-30-18-16-28)27-14-12-20-8-10-22(11-9-20)31-19-21-5-2-1-3-6-21/h1-11,13H,12,14-19H2,(H,27,29). The van der Waals surface area contributed by atoms with Crippen molar-refractivity contribution in [1.29, 1.82) is 0 Å². The normalized spacial score (nSPS) is 13.6. The number of benzene rings is 2. The second-order valence-corrected chi connectivity index (χ2v) is 7.40. The molecule has 1 aliphatic heterocycles. The molecule has 2 heterocycles. The van der Waals surface area contributed by atoms with Crippen molar-refractivity contribution in [2.75, 3.05) is 37.7 Å². The molecule has 1 aliphatic rings. The molecule has 160 valence electrons. The molecule has 4 rings (SSSR count). The summed E-state index contributed by atoms with van der Waals surface area (Å²) in [7, 11) is 0. The molecule has 1 N–H and O–H groups in total. The van der Waals surface area contributed by atoms with E-state index in [2.05, 4.69) is 15.2 Å². The Balaban J connectivity index is 1.27. The van der Waals surface area contributed by atoms with Gasteiger partial charge in [0.1, 0.15) is 18.2 Å². The number of ether oxygens (including phenoxy) is 2. The van der Waals surface area contributed by atoms with Gasteiger partial charge in [-0.1, -0.05) is 42.5 Å². The van der Waals surface area contributed by atoms with Crippen molar-refractivity contribution in [3.05, 3.63) is 89.6 Å². The first-order valence-electron chi connectivity index (χ1n) is 10.6. The van der Waals surface area contributed by atoms with E-state index in [1.165, 1.54) is 0 Å². The third kappa shape index (κ3) is 5.83. The predicted molar refractivity (Wildman–Crippen MR) is 121 cm³/mol. The quantitative estimate of drug-likeness (QED) is 0.608. The molecule has 0 atom stereocenters. The van der Waals surface area contributed by atoms with Crippen LogP contribution in [0.5, 0.6) is 5.75 Å². The second kappa shape index (κ2) is 10.6. The summed E-state index contributed by atoms with van der Waals surface area (Å²) in [4.78, 5) is 19.3. The zero-order valence-corrected chi connectivity index (χ0v) is 17.5. The lowest BCUT2D eigenvalue weighted by Gasteiger charge is -2.29. The number of amides is 1. The fourth-order valence-electron chi connectivity index (χ4n) is 3.51. The van der Waals surface area contributed by atoms with E-state index in [1.807, 2.05) is 60.7 Å². The third-order valence-corrected chi connectivity index (χ3v) is 5.21. The molecule has 6 nitrogen and oxygen atoms in total. The highest BCUT2D eigenvalue weighted by molar-refractivity contribution is 5.98. The lowest BCUT2D eigenvalue weighted by Crippen LogP contribution is -2.38. The van der Waals surface area contributed by atoms with E-state index < -0.39 is 0 Å². The molecule has 2 aromatic carbocycles. The summed E-state index contributed by atoms with van der Waals surface area (Å²) in [6, 6.07) is 21.7. The van der Waals surface area contributed by atoms with Gasteiger partial charge in [-0.3, -0.25) is 4.79 Å². The van der Waals surface area contributed by atoms with Crippen LogP contribution in [-0.2, 0) is 17.8 Å². The average Bonchev–Trinajstić information content (AvgIpc) is 2.85. The minimum Gasteiger partial charge on any atom is -0.489 e. The van der Waals surface area contributed by atoms with Gasteiger partial charge in [0.25, 0.3) is 5.91 Å². The maximum atomic E-state index is 12.7. The summed E-state index contributed by atoms with van der Waals surface area (Å²) in [5.74, 6) is 1.46. The number of anilines is 1. The van der Waals surface area contributed by atoms with Gasteiger partial charge < -0.3 is 19.7 Å². The minimum absolute atomic E-state index is 0.0996. The topological polar surface area (TPSA) is 63.7 Å². The van der Waals surface area contributed by atoms with Crippen LogP contribution in [-0.4, -0.2) is 43.7 Å². The fraction of sp³-hybridized carbons (Fsp3) is 0.280. The van der Waals surface area contributed by atoms with Gasteiger partial charge >= 0.3 is 0 Å². The summed E-state index contributed by atoms with van der Waals surface area (Å²) in [6.45, 7) is 3.91. The van der Waals surface area contributed by atoms with Crippen molar-refractivity contribution < 1.29 is 14.3 Å². The molecule has 1 amide bonds. The van der Waals surface area contributed by atoms with E-state index in [1.54, 1.807) is 12.3 Å². The number of hydrogen-bond donors (Lipinski definition) is 1. The Hall–Kier alpha value is -3.38. The van der Waals surface area contributed by atoms with Gasteiger partial charge in [0.2, 0.25) is 0 Å². The van der Waals surface area contributed by atoms with E-state index in [0.717, 1.165) is 42.2 Å². The molecule has 1 fully saturated rings. The number of rotatable bonds is 8. The number of morpholine rings is 1. The highest BCUT2D eigenvalue weighted by atomic mass is 16.5. The maximum Gasteiger partial charge on any atom is 0.255 e. The van der Waals surface area contributed by atoms with Crippen molar-refractivity contribution in [1.82, 2.24) is 10.3 Å². The van der Waals surface area contributed by atoms with Gasteiger partial charge in [0.15, 0.2) is 0 Å². The molecule has 0 spiro atoms. The van der Waals surface area contributed by atoms with Gasteiger partial charge in [0.05, 0.1) is 18.8 Å². The van der Waals surface area contributed by atoms with Gasteiger partial charge in [0, 0.05) is 25.8 Å². The van der Waals surface area contributed by atoms with E-state index in [9.17, 15) is 4.79 Å². The lowest BCUT2D eigenvalue weighted by molar-refractivity contribution is 0.0952. The second-order valence-electron chi connectivity index (χ2n) is 7.40. The average molecular weight is 418 g/mol. The molecule has 3 aromatic rings. The molecule has 1 aromatic heterocycles. The Morgan fingerprint density at radius 1 is 0.968 bits per heavy atom. The Labute approximate surface area is 182 Å².